The van der Waals surface area contributed by atoms with Gasteiger partial charge in [-0.25, -0.2) is 4.98 Å². The molecule has 0 spiro atoms. The monoisotopic (exact) mass is 238 g/mol. The van der Waals surface area contributed by atoms with Crippen molar-refractivity contribution in [1.82, 2.24) is 4.98 Å². The van der Waals surface area contributed by atoms with E-state index >= 15 is 0 Å². The summed E-state index contributed by atoms with van der Waals surface area (Å²) >= 11 is 1.69. The molecule has 0 unspecified atom stereocenters. The van der Waals surface area contributed by atoms with Crippen molar-refractivity contribution in [2.24, 2.45) is 4.99 Å². The molecule has 0 fully saturated rings. The Balaban J connectivity index is 2.45. The van der Waals surface area contributed by atoms with Crippen LogP contribution >= 0.6 is 11.8 Å². The summed E-state index contributed by atoms with van der Waals surface area (Å²) in [7, 11) is 0. The Labute approximate surface area is 101 Å². The molecule has 0 bridgehead atoms. The minimum Gasteiger partial charge on any atom is -0.445 e. The van der Waals surface area contributed by atoms with Crippen molar-refractivity contribution in [2.45, 2.75) is 39.9 Å². The second-order valence-corrected chi connectivity index (χ2v) is 4.90. The van der Waals surface area contributed by atoms with Gasteiger partial charge in [0.05, 0.1) is 11.9 Å². The largest absolute Gasteiger partial charge is 0.445 e. The summed E-state index contributed by atoms with van der Waals surface area (Å²) in [6.07, 6.45) is 4.57. The zero-order valence-electron chi connectivity index (χ0n) is 10.3. The number of nitrogens with zero attached hydrogens (tertiary/aromatic N) is 2. The lowest BCUT2D eigenvalue weighted by molar-refractivity contribution is 0.476. The van der Waals surface area contributed by atoms with Gasteiger partial charge < -0.3 is 4.42 Å². The third-order valence-electron chi connectivity index (χ3n) is 1.88. The molecule has 0 aliphatic heterocycles. The molecule has 0 saturated heterocycles. The summed E-state index contributed by atoms with van der Waals surface area (Å²) in [4.78, 5) is 9.61. The van der Waals surface area contributed by atoms with E-state index in [1.165, 1.54) is 0 Å². The lowest BCUT2D eigenvalue weighted by Gasteiger charge is -1.96. The first-order valence-electron chi connectivity index (χ1n) is 5.36. The Hall–Kier alpha value is -1.03. The van der Waals surface area contributed by atoms with E-state index in [0.717, 1.165) is 34.4 Å². The van der Waals surface area contributed by atoms with Gasteiger partial charge in [0.25, 0.3) is 0 Å². The summed E-state index contributed by atoms with van der Waals surface area (Å²) in [5, 5.41) is 0. The maximum Gasteiger partial charge on any atom is 0.204 e. The number of hydrogen-bond donors (Lipinski definition) is 0. The minimum atomic E-state index is 0.764. The quantitative estimate of drug-likeness (QED) is 0.732. The van der Waals surface area contributed by atoms with Crippen molar-refractivity contribution in [2.75, 3.05) is 0 Å². The Morgan fingerprint density at radius 2 is 2.25 bits per heavy atom. The van der Waals surface area contributed by atoms with E-state index in [9.17, 15) is 0 Å². The average molecular weight is 238 g/mol. The second kappa shape index (κ2) is 6.53. The molecule has 16 heavy (non-hydrogen) atoms. The molecule has 0 aliphatic rings. The molecule has 1 heterocycles. The van der Waals surface area contributed by atoms with Crippen molar-refractivity contribution in [3.8, 4) is 0 Å². The molecule has 0 aliphatic carbocycles. The molecule has 0 aromatic carbocycles. The highest BCUT2D eigenvalue weighted by atomic mass is 32.2. The Kier molecular flexibility index (Phi) is 5.32. The van der Waals surface area contributed by atoms with Crippen molar-refractivity contribution in [3.05, 3.63) is 29.0 Å². The molecule has 0 radical (unpaired) electrons. The maximum atomic E-state index is 5.51. The molecular weight excluding hydrogens is 220 g/mol. The van der Waals surface area contributed by atoms with Crippen LogP contribution in [0.5, 0.6) is 0 Å². The number of aryl methyl sites for hydroxylation is 1. The van der Waals surface area contributed by atoms with Gasteiger partial charge in [-0.3, -0.25) is 4.99 Å². The average Bonchev–Trinajstić information content (AvgIpc) is 2.71. The zero-order chi connectivity index (χ0) is 12.0. The van der Waals surface area contributed by atoms with Crippen LogP contribution in [0.25, 0.3) is 0 Å². The second-order valence-electron chi connectivity index (χ2n) is 3.68. The fourth-order valence-electron chi connectivity index (χ4n) is 1.01. The van der Waals surface area contributed by atoms with E-state index in [4.69, 9.17) is 4.42 Å². The Morgan fingerprint density at radius 1 is 1.50 bits per heavy atom. The van der Waals surface area contributed by atoms with E-state index in [2.05, 4.69) is 16.9 Å². The molecule has 3 nitrogen and oxygen atoms in total. The van der Waals surface area contributed by atoms with Gasteiger partial charge in [-0.2, -0.15) is 0 Å². The minimum absolute atomic E-state index is 0.764. The Bertz CT molecular complexity index is 389. The topological polar surface area (TPSA) is 38.4 Å². The molecule has 0 saturated carbocycles. The molecule has 4 heteroatoms. The van der Waals surface area contributed by atoms with Gasteiger partial charge in [0.1, 0.15) is 5.76 Å². The highest BCUT2D eigenvalue weighted by Gasteiger charge is 2.02. The summed E-state index contributed by atoms with van der Waals surface area (Å²) < 4.78 is 5.51. The number of aliphatic imine (C=N–C) groups is 1. The molecule has 1 rings (SSSR count). The van der Waals surface area contributed by atoms with Gasteiger partial charge in [-0.1, -0.05) is 6.92 Å². The van der Waals surface area contributed by atoms with Gasteiger partial charge in [-0.05, 0) is 20.8 Å². The fraction of sp³-hybridized carbons (Fsp3) is 0.500. The number of hydrogen-bond acceptors (Lipinski definition) is 4. The maximum absolute atomic E-state index is 5.51. The first-order valence-corrected chi connectivity index (χ1v) is 6.34. The van der Waals surface area contributed by atoms with Crippen molar-refractivity contribution < 1.29 is 4.42 Å². The summed E-state index contributed by atoms with van der Waals surface area (Å²) in [6.45, 7) is 8.06. The van der Waals surface area contributed by atoms with Gasteiger partial charge in [0, 0.05) is 23.2 Å². The molecule has 0 N–H and O–H groups in total. The van der Waals surface area contributed by atoms with E-state index in [1.807, 2.05) is 27.0 Å². The van der Waals surface area contributed by atoms with E-state index < -0.39 is 0 Å². The van der Waals surface area contributed by atoms with Gasteiger partial charge in [0.15, 0.2) is 0 Å². The van der Waals surface area contributed by atoms with Crippen LogP contribution in [0, 0.1) is 0 Å². The van der Waals surface area contributed by atoms with Crippen LogP contribution in [-0.2, 0) is 12.2 Å². The molecule has 0 amide bonds. The zero-order valence-corrected chi connectivity index (χ0v) is 11.1. The standard InChI is InChI=1S/C12H18N2OS/c1-5-11-7-14-12(15-11)8-16-10(4)6-13-9(2)3/h6-7H,5,8H2,1-4H3/b10-6+. The fourth-order valence-corrected chi connectivity index (χ4v) is 1.62. The van der Waals surface area contributed by atoms with Crippen molar-refractivity contribution in [3.63, 3.8) is 0 Å². The molecule has 88 valence electrons. The predicted octanol–water partition coefficient (Wildman–Crippen LogP) is 3.81. The van der Waals surface area contributed by atoms with Crippen LogP contribution in [0.3, 0.4) is 0 Å². The molecule has 0 atom stereocenters. The highest BCUT2D eigenvalue weighted by Crippen LogP contribution is 2.20. The summed E-state index contributed by atoms with van der Waals surface area (Å²) in [5.74, 6) is 2.49. The van der Waals surface area contributed by atoms with Gasteiger partial charge in [0.2, 0.25) is 5.89 Å². The lowest BCUT2D eigenvalue weighted by atomic mass is 10.4. The van der Waals surface area contributed by atoms with Gasteiger partial charge in [-0.15, -0.1) is 11.8 Å². The summed E-state index contributed by atoms with van der Waals surface area (Å²) in [6, 6.07) is 0. The third-order valence-corrected chi connectivity index (χ3v) is 2.83. The van der Waals surface area contributed by atoms with E-state index in [0.29, 0.717) is 0 Å². The number of oxazole rings is 1. The first kappa shape index (κ1) is 13.0. The van der Waals surface area contributed by atoms with Crippen LogP contribution in [0.1, 0.15) is 39.3 Å². The van der Waals surface area contributed by atoms with Crippen molar-refractivity contribution >= 4 is 17.5 Å². The molecular formula is C12H18N2OS. The van der Waals surface area contributed by atoms with E-state index in [-0.39, 0.29) is 0 Å². The van der Waals surface area contributed by atoms with Gasteiger partial charge >= 0.3 is 0 Å². The number of thioether (sulfide) groups is 1. The third kappa shape index (κ3) is 4.66. The normalized spacial score (nSPS) is 11.6. The number of allylic oxidation sites excluding steroid dienone is 1. The molecule has 1 aromatic heterocycles. The number of aromatic nitrogens is 1. The first-order chi connectivity index (χ1) is 7.61. The van der Waals surface area contributed by atoms with Crippen LogP contribution in [0.2, 0.25) is 0 Å². The SMILES string of the molecule is CCc1cnc(CS/C(C)=C/N=C(C)C)o1. The highest BCUT2D eigenvalue weighted by molar-refractivity contribution is 8.02. The predicted molar refractivity (Wildman–Crippen MR) is 69.7 cm³/mol. The molecule has 1 aromatic rings. The van der Waals surface area contributed by atoms with Crippen molar-refractivity contribution in [1.29, 1.82) is 0 Å². The van der Waals surface area contributed by atoms with E-state index in [1.54, 1.807) is 18.0 Å². The smallest absolute Gasteiger partial charge is 0.204 e. The Morgan fingerprint density at radius 3 is 2.81 bits per heavy atom. The number of rotatable bonds is 5. The summed E-state index contributed by atoms with van der Waals surface area (Å²) in [5.41, 5.74) is 1.06. The van der Waals surface area contributed by atoms with Crippen LogP contribution in [0.15, 0.2) is 26.7 Å². The van der Waals surface area contributed by atoms with Crippen LogP contribution < -0.4 is 0 Å². The van der Waals surface area contributed by atoms with Crippen LogP contribution in [0.4, 0.5) is 0 Å². The van der Waals surface area contributed by atoms with Crippen LogP contribution in [-0.4, -0.2) is 10.7 Å². The lowest BCUT2D eigenvalue weighted by Crippen LogP contribution is -1.80.